The monoisotopic (exact) mass is 487 g/mol. The maximum absolute atomic E-state index is 13.7. The van der Waals surface area contributed by atoms with Gasteiger partial charge in [0.1, 0.15) is 11.3 Å². The number of nitrogens with zero attached hydrogens (tertiary/aromatic N) is 3. The van der Waals surface area contributed by atoms with E-state index in [0.29, 0.717) is 42.0 Å². The number of hydrogen-bond donors (Lipinski definition) is 1. The number of hydrogen-bond acceptors (Lipinski definition) is 5. The minimum Gasteiger partial charge on any atom is -0.480 e. The lowest BCUT2D eigenvalue weighted by Crippen LogP contribution is -2.42. The minimum atomic E-state index is -0.992. The number of thioether (sulfide) groups is 1. The molecular weight excluding hydrogens is 462 g/mol. The topological polar surface area (TPSA) is 92.5 Å². The maximum atomic E-state index is 13.7. The van der Waals surface area contributed by atoms with Crippen LogP contribution in [0.4, 0.5) is 0 Å². The number of benzene rings is 3. The highest BCUT2D eigenvalue weighted by molar-refractivity contribution is 8.00. The van der Waals surface area contributed by atoms with Crippen molar-refractivity contribution in [3.63, 3.8) is 0 Å². The van der Waals surface area contributed by atoms with Gasteiger partial charge in [-0.3, -0.25) is 14.2 Å². The van der Waals surface area contributed by atoms with Crippen molar-refractivity contribution >= 4 is 45.3 Å². The Labute approximate surface area is 206 Å². The summed E-state index contributed by atoms with van der Waals surface area (Å²) in [5.74, 6) is -1.27. The molecule has 0 spiro atoms. The first-order chi connectivity index (χ1) is 17.0. The number of carbonyl (C=O) groups excluding carboxylic acids is 1. The van der Waals surface area contributed by atoms with Crippen LogP contribution >= 0.6 is 11.8 Å². The predicted molar refractivity (Wildman–Crippen MR) is 137 cm³/mol. The zero-order chi connectivity index (χ0) is 24.5. The first-order valence-electron chi connectivity index (χ1n) is 11.7. The van der Waals surface area contributed by atoms with Crippen LogP contribution in [0.3, 0.4) is 0 Å². The van der Waals surface area contributed by atoms with Gasteiger partial charge in [-0.05, 0) is 48.2 Å². The van der Waals surface area contributed by atoms with Crippen molar-refractivity contribution in [2.24, 2.45) is 0 Å². The lowest BCUT2D eigenvalue weighted by Gasteiger charge is -2.27. The molecule has 1 saturated heterocycles. The van der Waals surface area contributed by atoms with E-state index in [1.54, 1.807) is 4.57 Å². The summed E-state index contributed by atoms with van der Waals surface area (Å²) in [5.41, 5.74) is 1.16. The summed E-state index contributed by atoms with van der Waals surface area (Å²) < 4.78 is 1.59. The molecule has 1 fully saturated rings. The second-order valence-corrected chi connectivity index (χ2v) is 9.67. The summed E-state index contributed by atoms with van der Waals surface area (Å²) in [6.07, 6.45) is 1.09. The Hall–Kier alpha value is -3.65. The molecule has 1 aliphatic rings. The van der Waals surface area contributed by atoms with Crippen molar-refractivity contribution in [2.75, 3.05) is 6.54 Å². The molecule has 0 aliphatic carbocycles. The Bertz CT molecular complexity index is 1480. The van der Waals surface area contributed by atoms with Gasteiger partial charge in [-0.15, -0.1) is 0 Å². The molecule has 3 aromatic carbocycles. The highest BCUT2D eigenvalue weighted by Crippen LogP contribution is 2.38. The SMILES string of the molecule is CCn1c(SC(C(=O)N2CCC[C@@H]2C(=O)O)c2ccccc2)nc2cc3ccccc3cc2c1=O. The first kappa shape index (κ1) is 23.1. The molecule has 1 aromatic heterocycles. The van der Waals surface area contributed by atoms with Crippen molar-refractivity contribution in [3.8, 4) is 0 Å². The highest BCUT2D eigenvalue weighted by Gasteiger charge is 2.38. The Balaban J connectivity index is 1.62. The second kappa shape index (κ2) is 9.54. The zero-order valence-electron chi connectivity index (χ0n) is 19.3. The van der Waals surface area contributed by atoms with Crippen molar-refractivity contribution in [3.05, 3.63) is 82.6 Å². The van der Waals surface area contributed by atoms with Gasteiger partial charge in [0.05, 0.1) is 10.9 Å². The molecule has 0 saturated carbocycles. The maximum Gasteiger partial charge on any atom is 0.326 e. The third-order valence-electron chi connectivity index (χ3n) is 6.47. The summed E-state index contributed by atoms with van der Waals surface area (Å²) in [4.78, 5) is 45.2. The number of fused-ring (bicyclic) bond motifs is 2. The van der Waals surface area contributed by atoms with E-state index in [0.717, 1.165) is 16.3 Å². The molecule has 4 aromatic rings. The van der Waals surface area contributed by atoms with E-state index < -0.39 is 17.3 Å². The normalized spacial score (nSPS) is 16.6. The summed E-state index contributed by atoms with van der Waals surface area (Å²) in [6, 6.07) is 20.0. The van der Waals surface area contributed by atoms with Crippen LogP contribution in [-0.4, -0.2) is 44.0 Å². The molecule has 1 N–H and O–H groups in total. The van der Waals surface area contributed by atoms with E-state index in [9.17, 15) is 19.5 Å². The molecule has 8 heteroatoms. The van der Waals surface area contributed by atoms with Gasteiger partial charge in [-0.1, -0.05) is 66.4 Å². The lowest BCUT2D eigenvalue weighted by molar-refractivity contribution is -0.148. The average molecular weight is 488 g/mol. The summed E-state index contributed by atoms with van der Waals surface area (Å²) in [5, 5.41) is 11.8. The molecule has 35 heavy (non-hydrogen) atoms. The van der Waals surface area contributed by atoms with Crippen LogP contribution < -0.4 is 5.56 Å². The van der Waals surface area contributed by atoms with Gasteiger partial charge in [-0.2, -0.15) is 0 Å². The molecule has 0 bridgehead atoms. The average Bonchev–Trinajstić information content (AvgIpc) is 3.37. The number of rotatable bonds is 6. The second-order valence-electron chi connectivity index (χ2n) is 8.60. The van der Waals surface area contributed by atoms with Gasteiger partial charge in [0, 0.05) is 13.1 Å². The molecule has 1 unspecified atom stereocenters. The number of aliphatic carboxylic acids is 1. The van der Waals surface area contributed by atoms with E-state index in [1.807, 2.05) is 73.7 Å². The van der Waals surface area contributed by atoms with Crippen LogP contribution in [-0.2, 0) is 16.1 Å². The molecular formula is C27H25N3O4S. The van der Waals surface area contributed by atoms with Crippen LogP contribution in [0.5, 0.6) is 0 Å². The molecule has 0 radical (unpaired) electrons. The largest absolute Gasteiger partial charge is 0.480 e. The molecule has 1 aliphatic heterocycles. The van der Waals surface area contributed by atoms with Gasteiger partial charge >= 0.3 is 5.97 Å². The van der Waals surface area contributed by atoms with Crippen LogP contribution in [0.15, 0.2) is 76.7 Å². The van der Waals surface area contributed by atoms with Crippen molar-refractivity contribution in [2.45, 2.75) is 42.8 Å². The standard InChI is InChI=1S/C27H25N3O4S/c1-2-29-24(31)20-15-18-11-6-7-12-19(18)16-21(20)28-27(29)35-23(17-9-4-3-5-10-17)25(32)30-14-8-13-22(30)26(33)34/h3-7,9-12,15-16,22-23H,2,8,13-14H2,1H3,(H,33,34)/t22-,23?/m1/s1. The smallest absolute Gasteiger partial charge is 0.326 e. The molecule has 5 rings (SSSR count). The van der Waals surface area contributed by atoms with Crippen LogP contribution in [0.1, 0.15) is 30.6 Å². The number of carboxylic acids is 1. The van der Waals surface area contributed by atoms with E-state index in [-0.39, 0.29) is 11.5 Å². The zero-order valence-corrected chi connectivity index (χ0v) is 20.1. The van der Waals surface area contributed by atoms with E-state index in [4.69, 9.17) is 4.98 Å². The van der Waals surface area contributed by atoms with Gasteiger partial charge in [-0.25, -0.2) is 9.78 Å². The van der Waals surface area contributed by atoms with Crippen LogP contribution in [0.25, 0.3) is 21.7 Å². The number of carbonyl (C=O) groups is 2. The quantitative estimate of drug-likeness (QED) is 0.245. The third-order valence-corrected chi connectivity index (χ3v) is 7.71. The highest BCUT2D eigenvalue weighted by atomic mass is 32.2. The van der Waals surface area contributed by atoms with Crippen molar-refractivity contribution in [1.29, 1.82) is 0 Å². The van der Waals surface area contributed by atoms with E-state index in [1.165, 1.54) is 16.7 Å². The van der Waals surface area contributed by atoms with Crippen LogP contribution in [0, 0.1) is 0 Å². The van der Waals surface area contributed by atoms with Gasteiger partial charge in [0.25, 0.3) is 5.56 Å². The van der Waals surface area contributed by atoms with Crippen molar-refractivity contribution < 1.29 is 14.7 Å². The minimum absolute atomic E-state index is 0.158. The Morgan fingerprint density at radius 3 is 2.46 bits per heavy atom. The summed E-state index contributed by atoms with van der Waals surface area (Å²) in [7, 11) is 0. The third kappa shape index (κ3) is 4.30. The van der Waals surface area contributed by atoms with Gasteiger partial charge in [0.15, 0.2) is 5.16 Å². The summed E-state index contributed by atoms with van der Waals surface area (Å²) in [6.45, 7) is 2.67. The fourth-order valence-electron chi connectivity index (χ4n) is 4.69. The fourth-order valence-corrected chi connectivity index (χ4v) is 5.92. The number of carboxylic acid groups (broad SMARTS) is 1. The molecule has 1 amide bonds. The first-order valence-corrected chi connectivity index (χ1v) is 12.5. The summed E-state index contributed by atoms with van der Waals surface area (Å²) >= 11 is 1.20. The van der Waals surface area contributed by atoms with Crippen molar-refractivity contribution in [1.82, 2.24) is 14.5 Å². The van der Waals surface area contributed by atoms with E-state index in [2.05, 4.69) is 0 Å². The number of likely N-dealkylation sites (tertiary alicyclic amines) is 1. The lowest BCUT2D eigenvalue weighted by atomic mass is 10.1. The molecule has 2 atom stereocenters. The van der Waals surface area contributed by atoms with Crippen LogP contribution in [0.2, 0.25) is 0 Å². The number of amides is 1. The Morgan fingerprint density at radius 1 is 1.09 bits per heavy atom. The molecule has 178 valence electrons. The Morgan fingerprint density at radius 2 is 1.77 bits per heavy atom. The fraction of sp³-hybridized carbons (Fsp3) is 0.259. The Kier molecular flexibility index (Phi) is 6.30. The van der Waals surface area contributed by atoms with E-state index >= 15 is 0 Å². The predicted octanol–water partition coefficient (Wildman–Crippen LogP) is 4.48. The molecule has 7 nitrogen and oxygen atoms in total. The number of aromatic nitrogens is 2. The van der Waals surface area contributed by atoms with Gasteiger partial charge < -0.3 is 10.0 Å². The van der Waals surface area contributed by atoms with Gasteiger partial charge in [0.2, 0.25) is 5.91 Å². The molecule has 2 heterocycles.